The molecule has 0 spiro atoms. The third kappa shape index (κ3) is 4.93. The molecule has 0 aliphatic carbocycles. The number of carbonyl (C=O) groups is 1. The van der Waals surface area contributed by atoms with Crippen LogP contribution in [0.5, 0.6) is 0 Å². The van der Waals surface area contributed by atoms with E-state index in [1.807, 2.05) is 49.4 Å². The molecular formula is C26H17Cl2N3O3S. The molecule has 2 N–H and O–H groups in total. The average molecular weight is 522 g/mol. The van der Waals surface area contributed by atoms with E-state index in [4.69, 9.17) is 44.3 Å². The third-order valence-electron chi connectivity index (χ3n) is 5.21. The summed E-state index contributed by atoms with van der Waals surface area (Å²) in [6, 6.07) is 21.6. The Hall–Kier alpha value is -3.65. The number of hydrogen-bond donors (Lipinski definition) is 2. The molecule has 0 aliphatic rings. The number of nitrogens with one attached hydrogen (secondary N) is 2. The van der Waals surface area contributed by atoms with E-state index in [9.17, 15) is 4.79 Å². The van der Waals surface area contributed by atoms with Gasteiger partial charge in [0.05, 0.1) is 10.0 Å². The Balaban J connectivity index is 1.23. The number of halogens is 2. The summed E-state index contributed by atoms with van der Waals surface area (Å²) >= 11 is 17.6. The molecule has 0 aliphatic heterocycles. The predicted octanol–water partition coefficient (Wildman–Crippen LogP) is 7.50. The van der Waals surface area contributed by atoms with Gasteiger partial charge in [-0.15, -0.1) is 0 Å². The summed E-state index contributed by atoms with van der Waals surface area (Å²) in [5.41, 5.74) is 4.75. The van der Waals surface area contributed by atoms with Gasteiger partial charge in [-0.3, -0.25) is 10.1 Å². The van der Waals surface area contributed by atoms with Crippen molar-refractivity contribution in [1.29, 1.82) is 0 Å². The number of aryl methyl sites for hydroxylation is 1. The van der Waals surface area contributed by atoms with Crippen molar-refractivity contribution in [3.63, 3.8) is 0 Å². The van der Waals surface area contributed by atoms with Crippen molar-refractivity contribution in [3.8, 4) is 22.8 Å². The fourth-order valence-corrected chi connectivity index (χ4v) is 4.08. The number of rotatable bonds is 4. The van der Waals surface area contributed by atoms with E-state index < -0.39 is 5.91 Å². The van der Waals surface area contributed by atoms with E-state index in [2.05, 4.69) is 15.6 Å². The van der Waals surface area contributed by atoms with Crippen molar-refractivity contribution in [2.75, 3.05) is 5.32 Å². The minimum Gasteiger partial charge on any atom is -0.451 e. The Kier molecular flexibility index (Phi) is 6.30. The van der Waals surface area contributed by atoms with Gasteiger partial charge in [0.2, 0.25) is 5.89 Å². The van der Waals surface area contributed by atoms with Crippen LogP contribution in [0.15, 0.2) is 81.6 Å². The van der Waals surface area contributed by atoms with Crippen molar-refractivity contribution >= 4 is 63.2 Å². The van der Waals surface area contributed by atoms with Gasteiger partial charge < -0.3 is 14.2 Å². The van der Waals surface area contributed by atoms with Crippen LogP contribution in [-0.4, -0.2) is 16.0 Å². The second-order valence-electron chi connectivity index (χ2n) is 7.74. The van der Waals surface area contributed by atoms with Gasteiger partial charge in [-0.1, -0.05) is 35.3 Å². The normalized spacial score (nSPS) is 10.9. The lowest BCUT2D eigenvalue weighted by Crippen LogP contribution is -2.33. The fraction of sp³-hybridized carbons (Fsp3) is 0.0385. The maximum absolute atomic E-state index is 12.6. The van der Waals surface area contributed by atoms with Gasteiger partial charge in [0, 0.05) is 16.8 Å². The monoisotopic (exact) mass is 521 g/mol. The Morgan fingerprint density at radius 1 is 0.971 bits per heavy atom. The molecule has 0 saturated carbocycles. The molecule has 5 rings (SSSR count). The molecule has 9 heteroatoms. The number of anilines is 1. The number of oxazole rings is 1. The first-order valence-electron chi connectivity index (χ1n) is 10.5. The maximum Gasteiger partial charge on any atom is 0.293 e. The van der Waals surface area contributed by atoms with Gasteiger partial charge in [0.1, 0.15) is 11.3 Å². The highest BCUT2D eigenvalue weighted by molar-refractivity contribution is 7.80. The second kappa shape index (κ2) is 9.54. The van der Waals surface area contributed by atoms with Crippen LogP contribution in [0.1, 0.15) is 16.1 Å². The highest BCUT2D eigenvalue weighted by Gasteiger charge is 2.16. The number of hydrogen-bond acceptors (Lipinski definition) is 5. The number of nitrogens with zero attached hydrogens (tertiary/aromatic N) is 1. The highest BCUT2D eigenvalue weighted by Crippen LogP contribution is 2.34. The Morgan fingerprint density at radius 3 is 2.57 bits per heavy atom. The van der Waals surface area contributed by atoms with Crippen LogP contribution in [0.2, 0.25) is 10.0 Å². The van der Waals surface area contributed by atoms with Crippen molar-refractivity contribution in [3.05, 3.63) is 94.2 Å². The lowest BCUT2D eigenvalue weighted by atomic mass is 10.2. The summed E-state index contributed by atoms with van der Waals surface area (Å²) in [6.07, 6.45) is 0. The van der Waals surface area contributed by atoms with E-state index in [1.54, 1.807) is 30.3 Å². The van der Waals surface area contributed by atoms with Gasteiger partial charge in [0.15, 0.2) is 16.5 Å². The molecule has 0 saturated heterocycles. The summed E-state index contributed by atoms with van der Waals surface area (Å²) in [5, 5.41) is 6.45. The van der Waals surface area contributed by atoms with Crippen LogP contribution in [0.3, 0.4) is 0 Å². The van der Waals surface area contributed by atoms with Crippen molar-refractivity contribution < 1.29 is 13.6 Å². The lowest BCUT2D eigenvalue weighted by Gasteiger charge is -2.09. The molecule has 174 valence electrons. The quantitative estimate of drug-likeness (QED) is 0.238. The Bertz CT molecular complexity index is 1570. The number of amides is 1. The summed E-state index contributed by atoms with van der Waals surface area (Å²) < 4.78 is 11.5. The van der Waals surface area contributed by atoms with Crippen LogP contribution in [0.25, 0.3) is 33.9 Å². The van der Waals surface area contributed by atoms with Crippen LogP contribution in [-0.2, 0) is 0 Å². The highest BCUT2D eigenvalue weighted by atomic mass is 35.5. The minimum absolute atomic E-state index is 0.0849. The van der Waals surface area contributed by atoms with Crippen LogP contribution < -0.4 is 10.6 Å². The number of furan rings is 1. The summed E-state index contributed by atoms with van der Waals surface area (Å²) in [5.74, 6) is 0.542. The Morgan fingerprint density at radius 2 is 1.77 bits per heavy atom. The first-order chi connectivity index (χ1) is 16.9. The number of thiocarbonyl (C=S) groups is 1. The molecule has 1 amide bonds. The van der Waals surface area contributed by atoms with Crippen molar-refractivity contribution in [1.82, 2.24) is 10.3 Å². The number of fused-ring (bicyclic) bond motifs is 1. The standard InChI is InChI=1S/C26H17Cl2N3O3S/c1-14-5-10-19-22(13-14)34-25(30-19)15-6-8-16(9-7-15)29-26(35)31-24(32)21-12-11-20(33-21)17-3-2-4-18(27)23(17)28/h2-13H,1H3,(H2,29,31,32,35). The average Bonchev–Trinajstić information content (AvgIpc) is 3.48. The molecule has 6 nitrogen and oxygen atoms in total. The van der Waals surface area contributed by atoms with Gasteiger partial charge in [0.25, 0.3) is 5.91 Å². The molecule has 0 fully saturated rings. The molecule has 3 aromatic carbocycles. The SMILES string of the molecule is Cc1ccc2nc(-c3ccc(NC(=S)NC(=O)c4ccc(-c5cccc(Cl)c5Cl)o4)cc3)oc2c1. The smallest absolute Gasteiger partial charge is 0.293 e. The van der Waals surface area contributed by atoms with Crippen molar-refractivity contribution in [2.24, 2.45) is 0 Å². The number of carbonyl (C=O) groups excluding carboxylic acids is 1. The molecule has 35 heavy (non-hydrogen) atoms. The van der Waals surface area contributed by atoms with Gasteiger partial charge in [-0.05, 0) is 85.4 Å². The zero-order valence-corrected chi connectivity index (χ0v) is 20.6. The largest absolute Gasteiger partial charge is 0.451 e. The first kappa shape index (κ1) is 23.1. The van der Waals surface area contributed by atoms with Gasteiger partial charge >= 0.3 is 0 Å². The molecule has 0 unspecified atom stereocenters. The topological polar surface area (TPSA) is 80.3 Å². The molecule has 5 aromatic rings. The van der Waals surface area contributed by atoms with E-state index in [1.165, 1.54) is 0 Å². The van der Waals surface area contributed by atoms with Crippen LogP contribution in [0, 0.1) is 6.92 Å². The first-order valence-corrected chi connectivity index (χ1v) is 11.7. The van der Waals surface area contributed by atoms with Gasteiger partial charge in [-0.25, -0.2) is 4.98 Å². The second-order valence-corrected chi connectivity index (χ2v) is 8.93. The molecule has 0 bridgehead atoms. The molecule has 0 radical (unpaired) electrons. The molecule has 0 atom stereocenters. The zero-order valence-electron chi connectivity index (χ0n) is 18.3. The maximum atomic E-state index is 12.6. The van der Waals surface area contributed by atoms with E-state index in [-0.39, 0.29) is 10.9 Å². The summed E-state index contributed by atoms with van der Waals surface area (Å²) in [4.78, 5) is 17.1. The zero-order chi connectivity index (χ0) is 24.5. The van der Waals surface area contributed by atoms with E-state index in [0.29, 0.717) is 32.9 Å². The van der Waals surface area contributed by atoms with E-state index >= 15 is 0 Å². The van der Waals surface area contributed by atoms with Crippen LogP contribution >= 0.6 is 35.4 Å². The van der Waals surface area contributed by atoms with Crippen molar-refractivity contribution in [2.45, 2.75) is 6.92 Å². The lowest BCUT2D eigenvalue weighted by molar-refractivity contribution is 0.0951. The minimum atomic E-state index is -0.495. The van der Waals surface area contributed by atoms with Gasteiger partial charge in [-0.2, -0.15) is 0 Å². The predicted molar refractivity (Wildman–Crippen MR) is 142 cm³/mol. The third-order valence-corrected chi connectivity index (χ3v) is 6.23. The molecular weight excluding hydrogens is 505 g/mol. The summed E-state index contributed by atoms with van der Waals surface area (Å²) in [7, 11) is 0. The molecule has 2 heterocycles. The number of aromatic nitrogens is 1. The number of benzene rings is 3. The Labute approximate surface area is 215 Å². The van der Waals surface area contributed by atoms with Crippen LogP contribution in [0.4, 0.5) is 5.69 Å². The van der Waals surface area contributed by atoms with E-state index in [0.717, 1.165) is 22.2 Å². The fourth-order valence-electron chi connectivity index (χ4n) is 3.48. The summed E-state index contributed by atoms with van der Waals surface area (Å²) in [6.45, 7) is 2.00. The molecule has 2 aromatic heterocycles.